The van der Waals surface area contributed by atoms with Crippen molar-refractivity contribution < 1.29 is 4.74 Å². The third-order valence-electron chi connectivity index (χ3n) is 9.82. The van der Waals surface area contributed by atoms with Crippen LogP contribution >= 0.6 is 0 Å². The number of hydrogen-bond donors (Lipinski definition) is 0. The van der Waals surface area contributed by atoms with E-state index in [0.29, 0.717) is 0 Å². The summed E-state index contributed by atoms with van der Waals surface area (Å²) in [5, 5.41) is 3.05. The largest absolute Gasteiger partial charge is 0.456 e. The molecule has 0 unspecified atom stereocenters. The first kappa shape index (κ1) is 26.4. The van der Waals surface area contributed by atoms with Crippen LogP contribution in [0.2, 0.25) is 0 Å². The highest BCUT2D eigenvalue weighted by molar-refractivity contribution is 6.87. The van der Waals surface area contributed by atoms with Crippen LogP contribution in [0.4, 0.5) is 0 Å². The number of ether oxygens (including phenoxy) is 1. The van der Waals surface area contributed by atoms with Crippen molar-refractivity contribution in [2.24, 2.45) is 0 Å². The molecule has 2 aliphatic rings. The Morgan fingerprint density at radius 2 is 1.40 bits per heavy atom. The molecule has 0 saturated heterocycles. The third kappa shape index (κ3) is 3.48. The Labute approximate surface area is 262 Å². The van der Waals surface area contributed by atoms with Crippen LogP contribution in [0.25, 0.3) is 44.1 Å². The van der Waals surface area contributed by atoms with Crippen LogP contribution in [0.3, 0.4) is 0 Å². The molecule has 0 amide bonds. The Morgan fingerprint density at radius 1 is 0.667 bits per heavy atom. The summed E-state index contributed by atoms with van der Waals surface area (Å²) in [5.74, 6) is 1.63. The van der Waals surface area contributed by atoms with Crippen LogP contribution < -0.4 is 21.2 Å². The van der Waals surface area contributed by atoms with E-state index in [0.717, 1.165) is 66.7 Å². The second-order valence-corrected chi connectivity index (χ2v) is 14.7. The minimum atomic E-state index is -0.308. The summed E-state index contributed by atoms with van der Waals surface area (Å²) in [5.41, 5.74) is 9.38. The molecule has 0 bridgehead atoms. The second-order valence-electron chi connectivity index (χ2n) is 14.7. The molecule has 6 heteroatoms. The van der Waals surface area contributed by atoms with E-state index in [1.807, 2.05) is 10.7 Å². The van der Waals surface area contributed by atoms with Gasteiger partial charge in [0.1, 0.15) is 11.5 Å². The molecular formula is C39H34BN3O2. The molecule has 5 nitrogen and oxygen atoms in total. The van der Waals surface area contributed by atoms with E-state index in [1.54, 1.807) is 0 Å². The van der Waals surface area contributed by atoms with E-state index in [1.165, 1.54) is 10.9 Å². The fourth-order valence-corrected chi connectivity index (χ4v) is 7.48. The monoisotopic (exact) mass is 587 g/mol. The van der Waals surface area contributed by atoms with Crippen molar-refractivity contribution in [1.29, 1.82) is 0 Å². The first-order valence-corrected chi connectivity index (χ1v) is 15.8. The average molecular weight is 588 g/mol. The van der Waals surface area contributed by atoms with Crippen molar-refractivity contribution in [2.75, 3.05) is 0 Å². The summed E-state index contributed by atoms with van der Waals surface area (Å²) in [4.78, 5) is 14.6. The van der Waals surface area contributed by atoms with Crippen molar-refractivity contribution in [3.05, 3.63) is 119 Å². The highest BCUT2D eigenvalue weighted by Gasteiger charge is 2.46. The van der Waals surface area contributed by atoms with Crippen LogP contribution in [-0.4, -0.2) is 20.7 Å². The fraction of sp³-hybridized carbons (Fsp3) is 0.205. The zero-order chi connectivity index (χ0) is 31.0. The van der Waals surface area contributed by atoms with Gasteiger partial charge in [0.25, 0.3) is 5.56 Å². The van der Waals surface area contributed by atoms with E-state index >= 15 is 0 Å². The molecule has 0 spiro atoms. The van der Waals surface area contributed by atoms with Gasteiger partial charge in [-0.3, -0.25) is 14.1 Å². The predicted octanol–water partition coefficient (Wildman–Crippen LogP) is 7.56. The summed E-state index contributed by atoms with van der Waals surface area (Å²) in [6.45, 7) is 13.0. The van der Waals surface area contributed by atoms with E-state index in [4.69, 9.17) is 4.74 Å². The van der Waals surface area contributed by atoms with E-state index in [9.17, 15) is 4.79 Å². The summed E-state index contributed by atoms with van der Waals surface area (Å²) in [6, 6.07) is 34.2. The molecule has 5 aromatic carbocycles. The third-order valence-corrected chi connectivity index (χ3v) is 9.82. The number of rotatable bonds is 1. The topological polar surface area (TPSA) is 41.1 Å². The average Bonchev–Trinajstić information content (AvgIpc) is 3.64. The molecule has 220 valence electrons. The van der Waals surface area contributed by atoms with E-state index in [2.05, 4.69) is 142 Å². The zero-order valence-electron chi connectivity index (χ0n) is 26.5. The molecule has 2 aliphatic heterocycles. The molecule has 2 aromatic heterocycles. The quantitative estimate of drug-likeness (QED) is 0.186. The zero-order valence-corrected chi connectivity index (χ0v) is 26.5. The minimum Gasteiger partial charge on any atom is -0.456 e. The summed E-state index contributed by atoms with van der Waals surface area (Å²) < 4.78 is 13.5. The van der Waals surface area contributed by atoms with E-state index in [-0.39, 0.29) is 23.2 Å². The molecule has 7 aromatic rings. The SMILES string of the molecule is CC(C)(C)c1cc2c3c(c1)-n1c4ccc(C(C)(C)C)cc4c(=O)n1B3c1ccc3c4ccccc4n(-c4ccccc4)c3c1O2. The molecule has 0 saturated carbocycles. The van der Waals surface area contributed by atoms with Crippen LogP contribution in [0, 0.1) is 0 Å². The number of benzene rings is 5. The smallest absolute Gasteiger partial charge is 0.361 e. The van der Waals surface area contributed by atoms with Crippen LogP contribution in [-0.2, 0) is 10.8 Å². The van der Waals surface area contributed by atoms with Gasteiger partial charge >= 0.3 is 6.85 Å². The van der Waals surface area contributed by atoms with Gasteiger partial charge in [-0.2, -0.15) is 0 Å². The van der Waals surface area contributed by atoms with Gasteiger partial charge in [-0.1, -0.05) is 96.1 Å². The number of aromatic nitrogens is 3. The highest BCUT2D eigenvalue weighted by Crippen LogP contribution is 2.43. The molecule has 4 heterocycles. The van der Waals surface area contributed by atoms with Crippen LogP contribution in [0.5, 0.6) is 11.5 Å². The van der Waals surface area contributed by atoms with Crippen molar-refractivity contribution in [3.63, 3.8) is 0 Å². The lowest BCUT2D eigenvalue weighted by Gasteiger charge is -2.27. The van der Waals surface area contributed by atoms with Crippen LogP contribution in [0.1, 0.15) is 52.7 Å². The van der Waals surface area contributed by atoms with Crippen molar-refractivity contribution >= 4 is 50.5 Å². The Morgan fingerprint density at radius 3 is 2.16 bits per heavy atom. The Bertz CT molecular complexity index is 2450. The Hall–Kier alpha value is -4.97. The molecule has 0 atom stereocenters. The first-order valence-electron chi connectivity index (χ1n) is 15.8. The molecular weight excluding hydrogens is 553 g/mol. The molecule has 0 radical (unpaired) electrons. The van der Waals surface area contributed by atoms with Crippen molar-refractivity contribution in [1.82, 2.24) is 13.8 Å². The van der Waals surface area contributed by atoms with Gasteiger partial charge in [-0.25, -0.2) is 0 Å². The first-order chi connectivity index (χ1) is 21.5. The fourth-order valence-electron chi connectivity index (χ4n) is 7.48. The van der Waals surface area contributed by atoms with E-state index < -0.39 is 0 Å². The van der Waals surface area contributed by atoms with Gasteiger partial charge in [0, 0.05) is 21.9 Å². The summed E-state index contributed by atoms with van der Waals surface area (Å²) >= 11 is 0. The lowest BCUT2D eigenvalue weighted by molar-refractivity contribution is 0.487. The van der Waals surface area contributed by atoms with Gasteiger partial charge in [-0.15, -0.1) is 0 Å². The maximum atomic E-state index is 14.6. The molecule has 0 N–H and O–H groups in total. The summed E-state index contributed by atoms with van der Waals surface area (Å²) in [7, 11) is 0. The minimum absolute atomic E-state index is 0.0251. The Kier molecular flexibility index (Phi) is 5.05. The maximum Gasteiger partial charge on any atom is 0.361 e. The van der Waals surface area contributed by atoms with Gasteiger partial charge in [-0.05, 0) is 69.9 Å². The lowest BCUT2D eigenvalue weighted by atomic mass is 9.49. The second kappa shape index (κ2) is 8.60. The highest BCUT2D eigenvalue weighted by atomic mass is 16.5. The van der Waals surface area contributed by atoms with Gasteiger partial charge in [0.2, 0.25) is 0 Å². The number of hydrogen-bond acceptors (Lipinski definition) is 2. The van der Waals surface area contributed by atoms with Crippen LogP contribution in [0.15, 0.2) is 102 Å². The number of para-hydroxylation sites is 2. The van der Waals surface area contributed by atoms with Crippen molar-refractivity contribution in [2.45, 2.75) is 52.4 Å². The molecule has 9 rings (SSSR count). The normalized spacial score (nSPS) is 13.8. The predicted molar refractivity (Wildman–Crippen MR) is 186 cm³/mol. The number of nitrogens with zero attached hydrogens (tertiary/aromatic N) is 3. The standard InChI is InChI=1S/C39H34BN3O2/c1-38(2,3)23-16-19-31-28(20-23)37(44)43-40-29-18-17-27-26-14-10-11-15-30(26)41(25-12-8-7-9-13-25)35(27)36(29)45-33-22-24(39(4,5)6)21-32(34(33)40)42(31)43/h7-22H,1-6H3. The lowest BCUT2D eigenvalue weighted by Crippen LogP contribution is -2.52. The molecule has 0 fully saturated rings. The van der Waals surface area contributed by atoms with Gasteiger partial charge in [0.15, 0.2) is 0 Å². The van der Waals surface area contributed by atoms with Gasteiger partial charge < -0.3 is 9.30 Å². The van der Waals surface area contributed by atoms with Gasteiger partial charge in [0.05, 0.1) is 27.6 Å². The maximum absolute atomic E-state index is 14.6. The molecule has 45 heavy (non-hydrogen) atoms. The summed E-state index contributed by atoms with van der Waals surface area (Å²) in [6.07, 6.45) is 0. The van der Waals surface area contributed by atoms with Crippen molar-refractivity contribution in [3.8, 4) is 22.9 Å². The Balaban J connectivity index is 1.43. The molecule has 0 aliphatic carbocycles. The number of fused-ring (bicyclic) bond motifs is 11.